The van der Waals surface area contributed by atoms with Gasteiger partial charge < -0.3 is 14.4 Å². The number of furan rings is 1. The lowest BCUT2D eigenvalue weighted by Gasteiger charge is -2.34. The molecule has 24 heavy (non-hydrogen) atoms. The SMILES string of the molecule is Cc1ccc(-c2nc(C)c(C(=O)N(C)C3CCC(CO)CC3)s2)o1. The molecular formula is C18H24N2O3S. The number of hydrogen-bond donors (Lipinski definition) is 1. The summed E-state index contributed by atoms with van der Waals surface area (Å²) in [6.07, 6.45) is 3.87. The van der Waals surface area contributed by atoms with Crippen LogP contribution in [0.3, 0.4) is 0 Å². The van der Waals surface area contributed by atoms with Gasteiger partial charge in [-0.3, -0.25) is 4.79 Å². The Morgan fingerprint density at radius 1 is 1.33 bits per heavy atom. The molecule has 6 heteroatoms. The van der Waals surface area contributed by atoms with Crippen LogP contribution in [0, 0.1) is 19.8 Å². The third-order valence-electron chi connectivity index (χ3n) is 4.88. The molecule has 0 aliphatic heterocycles. The van der Waals surface area contributed by atoms with Gasteiger partial charge >= 0.3 is 0 Å². The van der Waals surface area contributed by atoms with Crippen molar-refractivity contribution in [3.05, 3.63) is 28.5 Å². The van der Waals surface area contributed by atoms with E-state index < -0.39 is 0 Å². The predicted octanol–water partition coefficient (Wildman–Crippen LogP) is 3.64. The lowest BCUT2D eigenvalue weighted by molar-refractivity contribution is 0.0656. The number of hydrogen-bond acceptors (Lipinski definition) is 5. The maximum atomic E-state index is 12.9. The van der Waals surface area contributed by atoms with E-state index in [4.69, 9.17) is 4.42 Å². The van der Waals surface area contributed by atoms with Crippen molar-refractivity contribution < 1.29 is 14.3 Å². The zero-order valence-electron chi connectivity index (χ0n) is 14.4. The maximum Gasteiger partial charge on any atom is 0.265 e. The molecule has 0 unspecified atom stereocenters. The summed E-state index contributed by atoms with van der Waals surface area (Å²) in [7, 11) is 1.88. The molecule has 1 amide bonds. The number of aryl methyl sites for hydroxylation is 2. The summed E-state index contributed by atoms with van der Waals surface area (Å²) >= 11 is 1.40. The first-order valence-corrected chi connectivity index (χ1v) is 9.23. The Bertz CT molecular complexity index is 714. The number of carbonyl (C=O) groups excluding carboxylic acids is 1. The largest absolute Gasteiger partial charge is 0.459 e. The molecule has 5 nitrogen and oxygen atoms in total. The molecule has 1 fully saturated rings. The topological polar surface area (TPSA) is 66.6 Å². The maximum absolute atomic E-state index is 12.9. The summed E-state index contributed by atoms with van der Waals surface area (Å²) in [5.74, 6) is 1.98. The minimum atomic E-state index is 0.0342. The Kier molecular flexibility index (Phi) is 5.06. The van der Waals surface area contributed by atoms with Crippen LogP contribution in [0.15, 0.2) is 16.5 Å². The van der Waals surface area contributed by atoms with Gasteiger partial charge in [0.1, 0.15) is 10.6 Å². The van der Waals surface area contributed by atoms with Crippen molar-refractivity contribution in [3.8, 4) is 10.8 Å². The first-order chi connectivity index (χ1) is 11.5. The van der Waals surface area contributed by atoms with E-state index in [0.717, 1.165) is 42.1 Å². The predicted molar refractivity (Wildman–Crippen MR) is 94.2 cm³/mol. The van der Waals surface area contributed by atoms with Crippen LogP contribution in [-0.2, 0) is 0 Å². The number of amides is 1. The van der Waals surface area contributed by atoms with Crippen LogP contribution in [0.25, 0.3) is 10.8 Å². The first-order valence-electron chi connectivity index (χ1n) is 8.42. The van der Waals surface area contributed by atoms with Gasteiger partial charge in [-0.15, -0.1) is 11.3 Å². The van der Waals surface area contributed by atoms with Crippen molar-refractivity contribution >= 4 is 17.2 Å². The number of thiazole rings is 1. The molecule has 0 aromatic carbocycles. The summed E-state index contributed by atoms with van der Waals surface area (Å²) < 4.78 is 5.62. The number of aliphatic hydroxyl groups is 1. The highest BCUT2D eigenvalue weighted by Gasteiger charge is 2.29. The fourth-order valence-corrected chi connectivity index (χ4v) is 4.30. The van der Waals surface area contributed by atoms with E-state index in [9.17, 15) is 9.90 Å². The second-order valence-electron chi connectivity index (χ2n) is 6.62. The zero-order chi connectivity index (χ0) is 17.3. The number of rotatable bonds is 4. The Morgan fingerprint density at radius 2 is 2.04 bits per heavy atom. The molecule has 1 aliphatic carbocycles. The molecular weight excluding hydrogens is 324 g/mol. The summed E-state index contributed by atoms with van der Waals surface area (Å²) in [5.41, 5.74) is 0.755. The molecule has 1 N–H and O–H groups in total. The van der Waals surface area contributed by atoms with E-state index in [1.54, 1.807) is 0 Å². The Hall–Kier alpha value is -1.66. The molecule has 0 bridgehead atoms. The highest BCUT2D eigenvalue weighted by Crippen LogP contribution is 2.32. The standard InChI is InChI=1S/C18H24N2O3S/c1-11-4-9-15(23-11)17-19-12(2)16(24-17)18(22)20(3)14-7-5-13(10-21)6-8-14/h4,9,13-14,21H,5-8,10H2,1-3H3. The second kappa shape index (κ2) is 7.07. The summed E-state index contributed by atoms with van der Waals surface area (Å²) in [6.45, 7) is 4.02. The highest BCUT2D eigenvalue weighted by atomic mass is 32.1. The average molecular weight is 348 g/mol. The van der Waals surface area contributed by atoms with Crippen LogP contribution < -0.4 is 0 Å². The van der Waals surface area contributed by atoms with E-state index in [2.05, 4.69) is 4.98 Å². The molecule has 2 aromatic heterocycles. The van der Waals surface area contributed by atoms with Gasteiger partial charge in [0, 0.05) is 19.7 Å². The van der Waals surface area contributed by atoms with E-state index in [-0.39, 0.29) is 18.6 Å². The molecule has 0 atom stereocenters. The highest BCUT2D eigenvalue weighted by molar-refractivity contribution is 7.17. The molecule has 1 aliphatic rings. The smallest absolute Gasteiger partial charge is 0.265 e. The van der Waals surface area contributed by atoms with E-state index >= 15 is 0 Å². The Balaban J connectivity index is 1.74. The van der Waals surface area contributed by atoms with Crippen molar-refractivity contribution in [2.24, 2.45) is 5.92 Å². The normalized spacial score (nSPS) is 21.0. The number of aromatic nitrogens is 1. The average Bonchev–Trinajstić information content (AvgIpc) is 3.19. The fraction of sp³-hybridized carbons (Fsp3) is 0.556. The van der Waals surface area contributed by atoms with Gasteiger partial charge in [-0.05, 0) is 57.6 Å². The van der Waals surface area contributed by atoms with E-state index in [1.807, 2.05) is 37.9 Å². The van der Waals surface area contributed by atoms with Crippen molar-refractivity contribution in [1.29, 1.82) is 0 Å². The summed E-state index contributed by atoms with van der Waals surface area (Å²) in [4.78, 5) is 19.9. The molecule has 130 valence electrons. The third-order valence-corrected chi connectivity index (χ3v) is 6.04. The molecule has 2 heterocycles. The van der Waals surface area contributed by atoms with Crippen LogP contribution in [0.4, 0.5) is 0 Å². The minimum Gasteiger partial charge on any atom is -0.459 e. The molecule has 3 rings (SSSR count). The van der Waals surface area contributed by atoms with Gasteiger partial charge in [-0.2, -0.15) is 0 Å². The first kappa shape index (κ1) is 17.2. The number of carbonyl (C=O) groups is 1. The summed E-state index contributed by atoms with van der Waals surface area (Å²) in [6, 6.07) is 4.04. The lowest BCUT2D eigenvalue weighted by atomic mass is 9.86. The van der Waals surface area contributed by atoms with E-state index in [0.29, 0.717) is 16.6 Å². The van der Waals surface area contributed by atoms with Gasteiger partial charge in [-0.25, -0.2) is 4.98 Å². The van der Waals surface area contributed by atoms with Crippen LogP contribution in [0.2, 0.25) is 0 Å². The summed E-state index contributed by atoms with van der Waals surface area (Å²) in [5, 5.41) is 10.0. The number of aliphatic hydroxyl groups excluding tert-OH is 1. The van der Waals surface area contributed by atoms with Crippen molar-refractivity contribution in [1.82, 2.24) is 9.88 Å². The fourth-order valence-electron chi connectivity index (χ4n) is 3.29. The monoisotopic (exact) mass is 348 g/mol. The third kappa shape index (κ3) is 3.39. The van der Waals surface area contributed by atoms with Gasteiger partial charge in [0.2, 0.25) is 0 Å². The molecule has 0 radical (unpaired) electrons. The zero-order valence-corrected chi connectivity index (χ0v) is 15.2. The lowest BCUT2D eigenvalue weighted by Crippen LogP contribution is -2.39. The van der Waals surface area contributed by atoms with Crippen LogP contribution in [-0.4, -0.2) is 40.6 Å². The van der Waals surface area contributed by atoms with Crippen LogP contribution in [0.5, 0.6) is 0 Å². The number of nitrogens with zero attached hydrogens (tertiary/aromatic N) is 2. The molecule has 0 spiro atoms. The van der Waals surface area contributed by atoms with Crippen molar-refractivity contribution in [2.75, 3.05) is 13.7 Å². The van der Waals surface area contributed by atoms with Gasteiger partial charge in [0.05, 0.1) is 5.69 Å². The van der Waals surface area contributed by atoms with Crippen LogP contribution >= 0.6 is 11.3 Å². The molecule has 0 saturated heterocycles. The molecule has 1 saturated carbocycles. The van der Waals surface area contributed by atoms with Gasteiger partial charge in [0.15, 0.2) is 10.8 Å². The van der Waals surface area contributed by atoms with Crippen molar-refractivity contribution in [2.45, 2.75) is 45.6 Å². The minimum absolute atomic E-state index is 0.0342. The van der Waals surface area contributed by atoms with Crippen molar-refractivity contribution in [3.63, 3.8) is 0 Å². The quantitative estimate of drug-likeness (QED) is 0.916. The Morgan fingerprint density at radius 3 is 2.62 bits per heavy atom. The second-order valence-corrected chi connectivity index (χ2v) is 7.62. The van der Waals surface area contributed by atoms with Gasteiger partial charge in [-0.1, -0.05) is 0 Å². The van der Waals surface area contributed by atoms with E-state index in [1.165, 1.54) is 11.3 Å². The van der Waals surface area contributed by atoms with Crippen LogP contribution in [0.1, 0.15) is 46.8 Å². The van der Waals surface area contributed by atoms with Gasteiger partial charge in [0.25, 0.3) is 5.91 Å². The molecule has 2 aromatic rings. The Labute approximate surface area is 146 Å².